The molecule has 0 bridgehead atoms. The molecule has 2 rings (SSSR count). The van der Waals surface area contributed by atoms with Gasteiger partial charge in [0.15, 0.2) is 0 Å². The average molecular weight is 301 g/mol. The van der Waals surface area contributed by atoms with Crippen molar-refractivity contribution in [1.82, 2.24) is 15.1 Å². The molecule has 1 aromatic carbocycles. The Kier molecular flexibility index (Phi) is 4.93. The molecule has 0 saturated heterocycles. The van der Waals surface area contributed by atoms with Gasteiger partial charge in [0.05, 0.1) is 18.3 Å². The van der Waals surface area contributed by atoms with Crippen molar-refractivity contribution in [2.24, 2.45) is 5.92 Å². The van der Waals surface area contributed by atoms with Crippen LogP contribution < -0.4 is 5.32 Å². The van der Waals surface area contributed by atoms with E-state index in [2.05, 4.69) is 10.4 Å². The minimum absolute atomic E-state index is 0.101. The summed E-state index contributed by atoms with van der Waals surface area (Å²) in [6.45, 7) is 3.51. The van der Waals surface area contributed by atoms with Crippen molar-refractivity contribution < 1.29 is 14.7 Å². The van der Waals surface area contributed by atoms with E-state index in [0.29, 0.717) is 0 Å². The number of amides is 1. The van der Waals surface area contributed by atoms with Gasteiger partial charge in [-0.05, 0) is 23.6 Å². The number of nitrogens with one attached hydrogen (secondary N) is 1. The van der Waals surface area contributed by atoms with E-state index in [1.54, 1.807) is 30.9 Å². The molecule has 0 unspecified atom stereocenters. The summed E-state index contributed by atoms with van der Waals surface area (Å²) in [5, 5.41) is 15.8. The number of carboxylic acid groups (broad SMARTS) is 1. The zero-order valence-electron chi connectivity index (χ0n) is 12.6. The summed E-state index contributed by atoms with van der Waals surface area (Å²) in [5.41, 5.74) is 1.63. The number of rotatable bonds is 6. The Morgan fingerprint density at radius 1 is 1.27 bits per heavy atom. The molecular weight excluding hydrogens is 282 g/mol. The lowest BCUT2D eigenvalue weighted by Crippen LogP contribution is -2.44. The molecule has 22 heavy (non-hydrogen) atoms. The minimum Gasteiger partial charge on any atom is -0.480 e. The lowest BCUT2D eigenvalue weighted by atomic mass is 10.0. The second-order valence-corrected chi connectivity index (χ2v) is 5.43. The number of carbonyl (C=O) groups is 2. The minimum atomic E-state index is -1.02. The van der Waals surface area contributed by atoms with Crippen LogP contribution in [0.5, 0.6) is 0 Å². The molecule has 1 heterocycles. The van der Waals surface area contributed by atoms with E-state index in [4.69, 9.17) is 5.11 Å². The highest BCUT2D eigenvalue weighted by molar-refractivity contribution is 5.84. The number of benzene rings is 1. The van der Waals surface area contributed by atoms with Crippen LogP contribution in [0, 0.1) is 5.92 Å². The maximum atomic E-state index is 12.0. The van der Waals surface area contributed by atoms with Gasteiger partial charge in [-0.2, -0.15) is 5.10 Å². The highest BCUT2D eigenvalue weighted by atomic mass is 16.4. The Bertz CT molecular complexity index is 650. The first-order chi connectivity index (χ1) is 10.5. The van der Waals surface area contributed by atoms with Crippen molar-refractivity contribution in [2.75, 3.05) is 0 Å². The van der Waals surface area contributed by atoms with E-state index in [1.165, 1.54) is 0 Å². The molecule has 0 radical (unpaired) electrons. The van der Waals surface area contributed by atoms with Crippen molar-refractivity contribution >= 4 is 11.9 Å². The number of aliphatic carboxylic acids is 1. The molecule has 0 aliphatic carbocycles. The highest BCUT2D eigenvalue weighted by Crippen LogP contribution is 2.09. The Balaban J connectivity index is 2.01. The van der Waals surface area contributed by atoms with Crippen LogP contribution in [0.1, 0.15) is 19.4 Å². The van der Waals surface area contributed by atoms with E-state index >= 15 is 0 Å². The van der Waals surface area contributed by atoms with Gasteiger partial charge in [-0.1, -0.05) is 32.0 Å². The molecule has 6 heteroatoms. The third-order valence-corrected chi connectivity index (χ3v) is 3.27. The van der Waals surface area contributed by atoms with E-state index < -0.39 is 12.0 Å². The van der Waals surface area contributed by atoms with Gasteiger partial charge in [0.2, 0.25) is 5.91 Å². The van der Waals surface area contributed by atoms with Crippen LogP contribution in [-0.4, -0.2) is 32.8 Å². The van der Waals surface area contributed by atoms with Crippen molar-refractivity contribution in [1.29, 1.82) is 0 Å². The summed E-state index contributed by atoms with van der Waals surface area (Å²) in [6, 6.07) is 8.68. The van der Waals surface area contributed by atoms with Gasteiger partial charge in [-0.25, -0.2) is 9.48 Å². The Morgan fingerprint density at radius 3 is 2.55 bits per heavy atom. The SMILES string of the molecule is CC(C)[C@H](NC(=O)Cc1cnn(-c2ccccc2)c1)C(=O)O. The normalized spacial score (nSPS) is 12.1. The predicted octanol–water partition coefficient (Wildman–Crippen LogP) is 1.64. The van der Waals surface area contributed by atoms with Gasteiger partial charge in [0.1, 0.15) is 6.04 Å². The van der Waals surface area contributed by atoms with Crippen LogP contribution in [0.2, 0.25) is 0 Å². The number of carboxylic acids is 1. The summed E-state index contributed by atoms with van der Waals surface area (Å²) in [6.07, 6.45) is 3.47. The number of carbonyl (C=O) groups excluding carboxylic acids is 1. The standard InChI is InChI=1S/C16H19N3O3/c1-11(2)15(16(21)22)18-14(20)8-12-9-17-19(10-12)13-6-4-3-5-7-13/h3-7,9-11,15H,8H2,1-2H3,(H,18,20)(H,21,22)/t15-/m0/s1. The summed E-state index contributed by atoms with van der Waals surface area (Å²) < 4.78 is 1.68. The first kappa shape index (κ1) is 15.8. The van der Waals surface area contributed by atoms with Crippen molar-refractivity contribution in [2.45, 2.75) is 26.3 Å². The summed E-state index contributed by atoms with van der Waals surface area (Å²) in [5.74, 6) is -1.52. The molecule has 1 aromatic heterocycles. The first-order valence-electron chi connectivity index (χ1n) is 7.08. The van der Waals surface area contributed by atoms with Crippen molar-refractivity contribution in [3.63, 3.8) is 0 Å². The third kappa shape index (κ3) is 3.94. The van der Waals surface area contributed by atoms with E-state index in [-0.39, 0.29) is 18.2 Å². The molecule has 1 atom stereocenters. The van der Waals surface area contributed by atoms with Gasteiger partial charge < -0.3 is 10.4 Å². The molecule has 6 nitrogen and oxygen atoms in total. The number of para-hydroxylation sites is 1. The Morgan fingerprint density at radius 2 is 1.95 bits per heavy atom. The zero-order chi connectivity index (χ0) is 16.1. The topological polar surface area (TPSA) is 84.2 Å². The smallest absolute Gasteiger partial charge is 0.326 e. The van der Waals surface area contributed by atoms with Crippen LogP contribution in [-0.2, 0) is 16.0 Å². The second-order valence-electron chi connectivity index (χ2n) is 5.43. The number of nitrogens with zero attached hydrogens (tertiary/aromatic N) is 2. The summed E-state index contributed by atoms with van der Waals surface area (Å²) in [7, 11) is 0. The van der Waals surface area contributed by atoms with E-state index in [0.717, 1.165) is 11.3 Å². The molecular formula is C16H19N3O3. The van der Waals surface area contributed by atoms with Gasteiger partial charge in [-0.15, -0.1) is 0 Å². The fraction of sp³-hybridized carbons (Fsp3) is 0.312. The lowest BCUT2D eigenvalue weighted by Gasteiger charge is -2.17. The van der Waals surface area contributed by atoms with E-state index in [9.17, 15) is 9.59 Å². The molecule has 1 amide bonds. The van der Waals surface area contributed by atoms with Gasteiger partial charge in [-0.3, -0.25) is 4.79 Å². The van der Waals surface area contributed by atoms with Gasteiger partial charge >= 0.3 is 5.97 Å². The molecule has 0 aliphatic rings. The van der Waals surface area contributed by atoms with Crippen molar-refractivity contribution in [3.05, 3.63) is 48.3 Å². The van der Waals surface area contributed by atoms with Crippen molar-refractivity contribution in [3.8, 4) is 5.69 Å². The van der Waals surface area contributed by atoms with Crippen LogP contribution in [0.25, 0.3) is 5.69 Å². The molecule has 0 fully saturated rings. The van der Waals surface area contributed by atoms with Crippen LogP contribution in [0.4, 0.5) is 0 Å². The number of aromatic nitrogens is 2. The lowest BCUT2D eigenvalue weighted by molar-refractivity contribution is -0.143. The highest BCUT2D eigenvalue weighted by Gasteiger charge is 2.23. The van der Waals surface area contributed by atoms with Gasteiger partial charge in [0, 0.05) is 6.20 Å². The predicted molar refractivity (Wildman–Crippen MR) is 81.7 cm³/mol. The molecule has 0 aliphatic heterocycles. The second kappa shape index (κ2) is 6.89. The Hall–Kier alpha value is -2.63. The Labute approximate surface area is 128 Å². The zero-order valence-corrected chi connectivity index (χ0v) is 12.6. The van der Waals surface area contributed by atoms with Crippen LogP contribution >= 0.6 is 0 Å². The quantitative estimate of drug-likeness (QED) is 0.849. The average Bonchev–Trinajstić information content (AvgIpc) is 2.93. The van der Waals surface area contributed by atoms with E-state index in [1.807, 2.05) is 30.3 Å². The molecule has 2 aromatic rings. The maximum absolute atomic E-state index is 12.0. The molecule has 2 N–H and O–H groups in total. The molecule has 116 valence electrons. The number of hydrogen-bond acceptors (Lipinski definition) is 3. The summed E-state index contributed by atoms with van der Waals surface area (Å²) in [4.78, 5) is 23.1. The fourth-order valence-corrected chi connectivity index (χ4v) is 2.10. The molecule has 0 saturated carbocycles. The first-order valence-corrected chi connectivity index (χ1v) is 7.08. The largest absolute Gasteiger partial charge is 0.480 e. The van der Waals surface area contributed by atoms with Gasteiger partial charge in [0.25, 0.3) is 0 Å². The number of hydrogen-bond donors (Lipinski definition) is 2. The fourth-order valence-electron chi connectivity index (χ4n) is 2.10. The monoisotopic (exact) mass is 301 g/mol. The molecule has 0 spiro atoms. The third-order valence-electron chi connectivity index (χ3n) is 3.27. The summed E-state index contributed by atoms with van der Waals surface area (Å²) >= 11 is 0. The maximum Gasteiger partial charge on any atom is 0.326 e. The van der Waals surface area contributed by atoms with Crippen LogP contribution in [0.3, 0.4) is 0 Å². The van der Waals surface area contributed by atoms with Crippen LogP contribution in [0.15, 0.2) is 42.7 Å².